The second-order valence-electron chi connectivity index (χ2n) is 7.13. The fourth-order valence-electron chi connectivity index (χ4n) is 3.59. The molecule has 2 saturated heterocycles. The SMILES string of the molecule is CC1CN(C(=O)CN2CCN(C(=O)c3cccc(Cl)c3)CC2)CC(C)O1. The third-order valence-electron chi connectivity index (χ3n) is 4.86. The van der Waals surface area contributed by atoms with E-state index in [2.05, 4.69) is 4.90 Å². The zero-order valence-corrected chi connectivity index (χ0v) is 16.1. The molecule has 0 aromatic heterocycles. The lowest BCUT2D eigenvalue weighted by atomic mass is 10.2. The molecule has 2 aliphatic rings. The summed E-state index contributed by atoms with van der Waals surface area (Å²) in [7, 11) is 0. The molecule has 0 radical (unpaired) electrons. The minimum absolute atomic E-state index is 0.00527. The summed E-state index contributed by atoms with van der Waals surface area (Å²) in [5, 5.41) is 0.564. The number of carbonyl (C=O) groups is 2. The largest absolute Gasteiger partial charge is 0.372 e. The van der Waals surface area contributed by atoms with Crippen LogP contribution in [0.3, 0.4) is 0 Å². The second-order valence-corrected chi connectivity index (χ2v) is 7.57. The van der Waals surface area contributed by atoms with Crippen molar-refractivity contribution in [1.82, 2.24) is 14.7 Å². The molecule has 0 saturated carbocycles. The summed E-state index contributed by atoms with van der Waals surface area (Å²) in [5.74, 6) is 0.135. The van der Waals surface area contributed by atoms with Crippen LogP contribution in [0.2, 0.25) is 5.02 Å². The normalized spacial score (nSPS) is 24.6. The van der Waals surface area contributed by atoms with Crippen molar-refractivity contribution < 1.29 is 14.3 Å². The smallest absolute Gasteiger partial charge is 0.253 e. The number of carbonyl (C=O) groups excluding carboxylic acids is 2. The van der Waals surface area contributed by atoms with Crippen molar-refractivity contribution in [3.05, 3.63) is 34.9 Å². The molecule has 7 heteroatoms. The van der Waals surface area contributed by atoms with Gasteiger partial charge in [0.05, 0.1) is 18.8 Å². The van der Waals surface area contributed by atoms with Gasteiger partial charge in [-0.3, -0.25) is 14.5 Å². The van der Waals surface area contributed by atoms with E-state index in [1.165, 1.54) is 0 Å². The quantitative estimate of drug-likeness (QED) is 0.802. The molecule has 3 rings (SSSR count). The van der Waals surface area contributed by atoms with Crippen LogP contribution in [0.5, 0.6) is 0 Å². The summed E-state index contributed by atoms with van der Waals surface area (Å²) < 4.78 is 5.69. The maximum atomic E-state index is 12.6. The van der Waals surface area contributed by atoms with E-state index in [1.807, 2.05) is 23.6 Å². The van der Waals surface area contributed by atoms with Gasteiger partial charge in [-0.05, 0) is 32.0 Å². The third-order valence-corrected chi connectivity index (χ3v) is 5.10. The van der Waals surface area contributed by atoms with E-state index in [4.69, 9.17) is 16.3 Å². The number of ether oxygens (including phenoxy) is 1. The van der Waals surface area contributed by atoms with Crippen molar-refractivity contribution in [2.45, 2.75) is 26.1 Å². The Hall–Kier alpha value is -1.63. The zero-order valence-electron chi connectivity index (χ0n) is 15.4. The summed E-state index contributed by atoms with van der Waals surface area (Å²) in [5.41, 5.74) is 0.610. The third kappa shape index (κ3) is 4.75. The molecule has 2 fully saturated rings. The first-order chi connectivity index (χ1) is 12.4. The highest BCUT2D eigenvalue weighted by Gasteiger charge is 2.28. The van der Waals surface area contributed by atoms with Gasteiger partial charge < -0.3 is 14.5 Å². The van der Waals surface area contributed by atoms with Crippen LogP contribution in [0.15, 0.2) is 24.3 Å². The van der Waals surface area contributed by atoms with Gasteiger partial charge >= 0.3 is 0 Å². The van der Waals surface area contributed by atoms with Crippen LogP contribution in [-0.4, -0.2) is 84.5 Å². The Labute approximate surface area is 159 Å². The van der Waals surface area contributed by atoms with E-state index >= 15 is 0 Å². The molecule has 26 heavy (non-hydrogen) atoms. The van der Waals surface area contributed by atoms with Crippen LogP contribution in [0, 0.1) is 0 Å². The van der Waals surface area contributed by atoms with Crippen molar-refractivity contribution in [2.24, 2.45) is 0 Å². The Morgan fingerprint density at radius 2 is 1.73 bits per heavy atom. The van der Waals surface area contributed by atoms with Crippen molar-refractivity contribution >= 4 is 23.4 Å². The molecule has 0 bridgehead atoms. The van der Waals surface area contributed by atoms with Crippen molar-refractivity contribution in [3.63, 3.8) is 0 Å². The highest BCUT2D eigenvalue weighted by Crippen LogP contribution is 2.15. The lowest BCUT2D eigenvalue weighted by molar-refractivity contribution is -0.144. The van der Waals surface area contributed by atoms with Crippen molar-refractivity contribution in [1.29, 1.82) is 0 Å². The Balaban J connectivity index is 1.49. The molecule has 142 valence electrons. The average Bonchev–Trinajstić information content (AvgIpc) is 2.61. The fraction of sp³-hybridized carbons (Fsp3) is 0.579. The number of morpholine rings is 1. The average molecular weight is 380 g/mol. The number of amides is 2. The van der Waals surface area contributed by atoms with Gasteiger partial charge in [0.15, 0.2) is 0 Å². The molecule has 2 amide bonds. The molecule has 2 aliphatic heterocycles. The standard InChI is InChI=1S/C19H26ClN3O3/c1-14-11-23(12-15(2)26-14)18(24)13-21-6-8-22(9-7-21)19(25)16-4-3-5-17(20)10-16/h3-5,10,14-15H,6-9,11-13H2,1-2H3. The van der Waals surface area contributed by atoms with Gasteiger partial charge in [-0.25, -0.2) is 0 Å². The molecular weight excluding hydrogens is 354 g/mol. The van der Waals surface area contributed by atoms with Gasteiger partial charge in [0.2, 0.25) is 5.91 Å². The minimum Gasteiger partial charge on any atom is -0.372 e. The summed E-state index contributed by atoms with van der Waals surface area (Å²) in [6, 6.07) is 7.02. The number of rotatable bonds is 3. The Bertz CT molecular complexity index is 651. The Morgan fingerprint density at radius 1 is 1.08 bits per heavy atom. The van der Waals surface area contributed by atoms with Gasteiger partial charge in [-0.15, -0.1) is 0 Å². The molecule has 0 aliphatic carbocycles. The van der Waals surface area contributed by atoms with E-state index in [9.17, 15) is 9.59 Å². The predicted molar refractivity (Wildman–Crippen MR) is 100 cm³/mol. The first kappa shape index (κ1) is 19.1. The summed E-state index contributed by atoms with van der Waals surface area (Å²) in [6.07, 6.45) is 0.157. The number of halogens is 1. The molecular formula is C19H26ClN3O3. The topological polar surface area (TPSA) is 53.1 Å². The van der Waals surface area contributed by atoms with Crippen LogP contribution in [-0.2, 0) is 9.53 Å². The monoisotopic (exact) mass is 379 g/mol. The zero-order chi connectivity index (χ0) is 18.7. The highest BCUT2D eigenvalue weighted by molar-refractivity contribution is 6.30. The number of piperazine rings is 1. The molecule has 2 unspecified atom stereocenters. The van der Waals surface area contributed by atoms with E-state index in [-0.39, 0.29) is 24.0 Å². The van der Waals surface area contributed by atoms with Gasteiger partial charge in [0, 0.05) is 49.9 Å². The highest BCUT2D eigenvalue weighted by atomic mass is 35.5. The number of benzene rings is 1. The lowest BCUT2D eigenvalue weighted by Gasteiger charge is -2.38. The van der Waals surface area contributed by atoms with Crippen molar-refractivity contribution in [3.8, 4) is 0 Å². The first-order valence-electron chi connectivity index (χ1n) is 9.13. The van der Waals surface area contributed by atoms with E-state index in [1.54, 1.807) is 24.3 Å². The van der Waals surface area contributed by atoms with Gasteiger partial charge in [0.25, 0.3) is 5.91 Å². The number of nitrogens with zero attached hydrogens (tertiary/aromatic N) is 3. The molecule has 2 heterocycles. The van der Waals surface area contributed by atoms with E-state index < -0.39 is 0 Å². The Morgan fingerprint density at radius 3 is 2.35 bits per heavy atom. The second kappa shape index (κ2) is 8.37. The van der Waals surface area contributed by atoms with Crippen LogP contribution in [0.1, 0.15) is 24.2 Å². The van der Waals surface area contributed by atoms with Crippen LogP contribution >= 0.6 is 11.6 Å². The molecule has 0 spiro atoms. The Kier molecular flexibility index (Phi) is 6.16. The summed E-state index contributed by atoms with van der Waals surface area (Å²) in [4.78, 5) is 31.0. The van der Waals surface area contributed by atoms with Crippen LogP contribution in [0.4, 0.5) is 0 Å². The van der Waals surface area contributed by atoms with Gasteiger partial charge in [-0.2, -0.15) is 0 Å². The maximum Gasteiger partial charge on any atom is 0.253 e. The number of hydrogen-bond acceptors (Lipinski definition) is 4. The lowest BCUT2D eigenvalue weighted by Crippen LogP contribution is -2.54. The molecule has 1 aromatic carbocycles. The van der Waals surface area contributed by atoms with Gasteiger partial charge in [-0.1, -0.05) is 17.7 Å². The maximum absolute atomic E-state index is 12.6. The fourth-order valence-corrected chi connectivity index (χ4v) is 3.78. The summed E-state index contributed by atoms with van der Waals surface area (Å²) in [6.45, 7) is 8.34. The van der Waals surface area contributed by atoms with Crippen LogP contribution < -0.4 is 0 Å². The first-order valence-corrected chi connectivity index (χ1v) is 9.50. The number of hydrogen-bond donors (Lipinski definition) is 0. The molecule has 1 aromatic rings. The van der Waals surface area contributed by atoms with Crippen molar-refractivity contribution in [2.75, 3.05) is 45.8 Å². The molecule has 2 atom stereocenters. The van der Waals surface area contributed by atoms with E-state index in [0.29, 0.717) is 56.4 Å². The van der Waals surface area contributed by atoms with E-state index in [0.717, 1.165) is 0 Å². The van der Waals surface area contributed by atoms with Gasteiger partial charge in [0.1, 0.15) is 0 Å². The summed E-state index contributed by atoms with van der Waals surface area (Å²) >= 11 is 5.97. The molecule has 6 nitrogen and oxygen atoms in total. The predicted octanol–water partition coefficient (Wildman–Crippen LogP) is 1.73. The minimum atomic E-state index is -0.00527. The molecule has 0 N–H and O–H groups in total. The van der Waals surface area contributed by atoms with Crippen LogP contribution in [0.25, 0.3) is 0 Å².